The third-order valence-corrected chi connectivity index (χ3v) is 6.57. The molecule has 0 aliphatic carbocycles. The summed E-state index contributed by atoms with van der Waals surface area (Å²) in [7, 11) is 1.58. The van der Waals surface area contributed by atoms with E-state index >= 15 is 0 Å². The van der Waals surface area contributed by atoms with Gasteiger partial charge in [-0.3, -0.25) is 9.59 Å². The number of rotatable bonds is 8. The number of hydrogen-bond acceptors (Lipinski definition) is 5. The molecule has 1 amide bonds. The Morgan fingerprint density at radius 2 is 1.91 bits per heavy atom. The molecule has 1 aromatic heterocycles. The fraction of sp³-hybridized carbons (Fsp3) is 0.407. The van der Waals surface area contributed by atoms with Crippen molar-refractivity contribution in [1.82, 2.24) is 4.90 Å². The molecular formula is C27H30ClNO5. The Hall–Kier alpha value is -2.99. The zero-order valence-electron chi connectivity index (χ0n) is 20.2. The maximum atomic E-state index is 13.6. The summed E-state index contributed by atoms with van der Waals surface area (Å²) in [6.45, 7) is 9.18. The van der Waals surface area contributed by atoms with Gasteiger partial charge in [-0.05, 0) is 61.1 Å². The number of ether oxygens (including phenoxy) is 2. The van der Waals surface area contributed by atoms with Gasteiger partial charge in [-0.2, -0.15) is 0 Å². The van der Waals surface area contributed by atoms with Crippen molar-refractivity contribution in [3.63, 3.8) is 0 Å². The third kappa shape index (κ3) is 4.27. The summed E-state index contributed by atoms with van der Waals surface area (Å²) in [5.74, 6) is 1.52. The number of amides is 1. The molecule has 2 aromatic carbocycles. The molecule has 180 valence electrons. The fourth-order valence-corrected chi connectivity index (χ4v) is 4.50. The number of nitrogens with zero attached hydrogens (tertiary/aromatic N) is 1. The van der Waals surface area contributed by atoms with Crippen LogP contribution in [-0.2, 0) is 0 Å². The monoisotopic (exact) mass is 483 g/mol. The lowest BCUT2D eigenvalue weighted by Crippen LogP contribution is -2.30. The highest BCUT2D eigenvalue weighted by molar-refractivity contribution is 6.32. The average molecular weight is 484 g/mol. The first-order valence-corrected chi connectivity index (χ1v) is 12.0. The van der Waals surface area contributed by atoms with Gasteiger partial charge < -0.3 is 18.8 Å². The second-order valence-corrected chi connectivity index (χ2v) is 9.52. The minimum absolute atomic E-state index is 0.0916. The number of hydrogen-bond donors (Lipinski definition) is 0. The highest BCUT2D eigenvalue weighted by Gasteiger charge is 2.42. The molecular weight excluding hydrogens is 454 g/mol. The SMILES string of the molecule is CCCN1C(=O)c2oc3cc(C)c(Cl)cc3c(=O)c2C1c1ccc(OCCC(C)C)c(OC)c1. The fourth-order valence-electron chi connectivity index (χ4n) is 4.34. The molecule has 3 aromatic rings. The molecule has 0 bridgehead atoms. The number of carbonyl (C=O) groups is 1. The topological polar surface area (TPSA) is 69.0 Å². The van der Waals surface area contributed by atoms with Gasteiger partial charge in [-0.25, -0.2) is 0 Å². The second kappa shape index (κ2) is 9.71. The van der Waals surface area contributed by atoms with Gasteiger partial charge in [0.15, 0.2) is 16.9 Å². The lowest BCUT2D eigenvalue weighted by molar-refractivity contribution is 0.0728. The molecule has 1 aliphatic rings. The largest absolute Gasteiger partial charge is 0.493 e. The number of aryl methyl sites for hydroxylation is 1. The number of benzene rings is 2. The van der Waals surface area contributed by atoms with Crippen LogP contribution >= 0.6 is 11.6 Å². The zero-order valence-corrected chi connectivity index (χ0v) is 21.0. The minimum Gasteiger partial charge on any atom is -0.493 e. The van der Waals surface area contributed by atoms with Gasteiger partial charge in [-0.15, -0.1) is 0 Å². The Labute approximate surface area is 204 Å². The average Bonchev–Trinajstić information content (AvgIpc) is 3.07. The number of halogens is 1. The van der Waals surface area contributed by atoms with E-state index in [2.05, 4.69) is 13.8 Å². The number of carbonyl (C=O) groups excluding carboxylic acids is 1. The molecule has 4 rings (SSSR count). The van der Waals surface area contributed by atoms with Crippen LogP contribution in [0.1, 0.15) is 66.9 Å². The van der Waals surface area contributed by atoms with Crippen LogP contribution in [0, 0.1) is 12.8 Å². The van der Waals surface area contributed by atoms with Crippen molar-refractivity contribution >= 4 is 28.5 Å². The highest BCUT2D eigenvalue weighted by atomic mass is 35.5. The highest BCUT2D eigenvalue weighted by Crippen LogP contribution is 2.41. The predicted molar refractivity (Wildman–Crippen MR) is 133 cm³/mol. The van der Waals surface area contributed by atoms with E-state index in [1.807, 2.05) is 32.0 Å². The third-order valence-electron chi connectivity index (χ3n) is 6.17. The van der Waals surface area contributed by atoms with Crippen molar-refractivity contribution in [1.29, 1.82) is 0 Å². The van der Waals surface area contributed by atoms with Gasteiger partial charge in [0, 0.05) is 11.6 Å². The van der Waals surface area contributed by atoms with E-state index in [0.29, 0.717) is 52.1 Å². The normalized spacial score (nSPS) is 15.3. The first-order chi connectivity index (χ1) is 16.3. The lowest BCUT2D eigenvalue weighted by Gasteiger charge is -2.25. The van der Waals surface area contributed by atoms with Crippen LogP contribution in [-0.4, -0.2) is 31.1 Å². The molecule has 34 heavy (non-hydrogen) atoms. The van der Waals surface area contributed by atoms with Crippen molar-refractivity contribution in [2.45, 2.75) is 46.6 Å². The van der Waals surface area contributed by atoms with Gasteiger partial charge in [-0.1, -0.05) is 38.4 Å². The molecule has 6 nitrogen and oxygen atoms in total. The number of methoxy groups -OCH3 is 1. The first-order valence-electron chi connectivity index (χ1n) is 11.6. The molecule has 1 unspecified atom stereocenters. The maximum absolute atomic E-state index is 13.6. The summed E-state index contributed by atoms with van der Waals surface area (Å²) in [5.41, 5.74) is 2.00. The van der Waals surface area contributed by atoms with Crippen LogP contribution in [0.5, 0.6) is 11.5 Å². The molecule has 0 radical (unpaired) electrons. The Morgan fingerprint density at radius 1 is 1.15 bits per heavy atom. The smallest absolute Gasteiger partial charge is 0.290 e. The molecule has 0 spiro atoms. The van der Waals surface area contributed by atoms with Crippen molar-refractivity contribution in [3.05, 3.63) is 68.0 Å². The van der Waals surface area contributed by atoms with E-state index in [0.717, 1.165) is 24.0 Å². The Balaban J connectivity index is 1.84. The van der Waals surface area contributed by atoms with Gasteiger partial charge in [0.05, 0.1) is 30.7 Å². The van der Waals surface area contributed by atoms with E-state index in [1.165, 1.54) is 0 Å². The molecule has 0 saturated carbocycles. The van der Waals surface area contributed by atoms with E-state index in [-0.39, 0.29) is 17.1 Å². The van der Waals surface area contributed by atoms with Gasteiger partial charge in [0.25, 0.3) is 5.91 Å². The summed E-state index contributed by atoms with van der Waals surface area (Å²) < 4.78 is 17.5. The van der Waals surface area contributed by atoms with Gasteiger partial charge in [0.2, 0.25) is 5.76 Å². The van der Waals surface area contributed by atoms with Crippen molar-refractivity contribution in [2.75, 3.05) is 20.3 Å². The summed E-state index contributed by atoms with van der Waals surface area (Å²) in [6.07, 6.45) is 1.66. The summed E-state index contributed by atoms with van der Waals surface area (Å²) >= 11 is 6.30. The molecule has 1 atom stereocenters. The van der Waals surface area contributed by atoms with Crippen molar-refractivity contribution < 1.29 is 18.7 Å². The van der Waals surface area contributed by atoms with Crippen LogP contribution in [0.3, 0.4) is 0 Å². The Kier molecular flexibility index (Phi) is 6.89. The van der Waals surface area contributed by atoms with Crippen LogP contribution in [0.4, 0.5) is 0 Å². The maximum Gasteiger partial charge on any atom is 0.290 e. The van der Waals surface area contributed by atoms with E-state index in [1.54, 1.807) is 24.1 Å². The summed E-state index contributed by atoms with van der Waals surface area (Å²) in [5, 5.41) is 0.849. The molecule has 0 N–H and O–H groups in total. The van der Waals surface area contributed by atoms with Crippen molar-refractivity contribution in [3.8, 4) is 11.5 Å². The Bertz CT molecular complexity index is 1300. The van der Waals surface area contributed by atoms with E-state index in [9.17, 15) is 9.59 Å². The molecule has 1 aliphatic heterocycles. The lowest BCUT2D eigenvalue weighted by atomic mass is 9.97. The zero-order chi connectivity index (χ0) is 24.6. The standard InChI is InChI=1S/C27H30ClNO5/c1-6-10-29-24(17-7-8-20(22(13-17)32-5)33-11-9-15(2)3)23-25(30)18-14-19(28)16(4)12-21(18)34-26(23)27(29)31/h7-8,12-15,24H,6,9-11H2,1-5H3. The Morgan fingerprint density at radius 3 is 2.59 bits per heavy atom. The van der Waals surface area contributed by atoms with Crippen LogP contribution in [0.2, 0.25) is 5.02 Å². The molecule has 7 heteroatoms. The van der Waals surface area contributed by atoms with Crippen LogP contribution in [0.15, 0.2) is 39.5 Å². The van der Waals surface area contributed by atoms with Gasteiger partial charge >= 0.3 is 0 Å². The van der Waals surface area contributed by atoms with E-state index in [4.69, 9.17) is 25.5 Å². The summed E-state index contributed by atoms with van der Waals surface area (Å²) in [4.78, 5) is 28.7. The van der Waals surface area contributed by atoms with Crippen molar-refractivity contribution in [2.24, 2.45) is 5.92 Å². The molecule has 0 fully saturated rings. The van der Waals surface area contributed by atoms with Gasteiger partial charge in [0.1, 0.15) is 5.58 Å². The molecule has 0 saturated heterocycles. The molecule has 2 heterocycles. The second-order valence-electron chi connectivity index (χ2n) is 9.11. The number of fused-ring (bicyclic) bond motifs is 2. The quantitative estimate of drug-likeness (QED) is 0.384. The van der Waals surface area contributed by atoms with E-state index < -0.39 is 6.04 Å². The van der Waals surface area contributed by atoms with Crippen LogP contribution < -0.4 is 14.9 Å². The predicted octanol–water partition coefficient (Wildman–Crippen LogP) is 6.14. The van der Waals surface area contributed by atoms with Crippen LogP contribution in [0.25, 0.3) is 11.0 Å². The first kappa shape index (κ1) is 24.1. The minimum atomic E-state index is -0.582. The summed E-state index contributed by atoms with van der Waals surface area (Å²) in [6, 6.07) is 8.30.